The molecule has 1 rings (SSSR count). The summed E-state index contributed by atoms with van der Waals surface area (Å²) in [5, 5.41) is 12.5. The Hall–Kier alpha value is -0.590. The van der Waals surface area contributed by atoms with E-state index in [9.17, 15) is 0 Å². The number of nitrogens with one attached hydrogen (secondary N) is 1. The van der Waals surface area contributed by atoms with Crippen LogP contribution < -0.4 is 10.2 Å². The summed E-state index contributed by atoms with van der Waals surface area (Å²) in [6, 6.07) is 0. The third kappa shape index (κ3) is 5.52. The predicted molar refractivity (Wildman–Crippen MR) is 77.3 cm³/mol. The van der Waals surface area contributed by atoms with Gasteiger partial charge in [-0.1, -0.05) is 42.2 Å². The van der Waals surface area contributed by atoms with Gasteiger partial charge in [0.1, 0.15) is 0 Å². The Morgan fingerprint density at radius 3 is 2.82 bits per heavy atom. The molecule has 4 nitrogen and oxygen atoms in total. The van der Waals surface area contributed by atoms with Crippen LogP contribution in [0.3, 0.4) is 0 Å². The van der Waals surface area contributed by atoms with E-state index in [0.29, 0.717) is 0 Å². The van der Waals surface area contributed by atoms with E-state index in [-0.39, 0.29) is 0 Å². The van der Waals surface area contributed by atoms with Gasteiger partial charge in [0.2, 0.25) is 5.13 Å². The summed E-state index contributed by atoms with van der Waals surface area (Å²) in [4.78, 5) is 1.97. The molecule has 1 aromatic heterocycles. The van der Waals surface area contributed by atoms with Crippen LogP contribution in [0.1, 0.15) is 13.3 Å². The Morgan fingerprint density at radius 1 is 1.47 bits per heavy atom. The van der Waals surface area contributed by atoms with Crippen LogP contribution in [0, 0.1) is 0 Å². The Bertz CT molecular complexity index is 349. The number of rotatable bonds is 8. The van der Waals surface area contributed by atoms with Crippen LogP contribution in [-0.2, 0) is 0 Å². The van der Waals surface area contributed by atoms with Crippen molar-refractivity contribution in [3.63, 3.8) is 0 Å². The van der Waals surface area contributed by atoms with Crippen molar-refractivity contribution in [1.29, 1.82) is 0 Å². The summed E-state index contributed by atoms with van der Waals surface area (Å²) in [5.74, 6) is 0.902. The molecule has 96 valence electrons. The lowest BCUT2D eigenvalue weighted by molar-refractivity contribution is 0.716. The lowest BCUT2D eigenvalue weighted by Crippen LogP contribution is -2.18. The monoisotopic (exact) mass is 272 g/mol. The zero-order valence-corrected chi connectivity index (χ0v) is 12.3. The molecule has 0 unspecified atom stereocenters. The lowest BCUT2D eigenvalue weighted by Gasteiger charge is -2.05. The van der Waals surface area contributed by atoms with Gasteiger partial charge in [-0.15, -0.1) is 10.2 Å². The van der Waals surface area contributed by atoms with Crippen LogP contribution in [-0.4, -0.2) is 43.1 Å². The summed E-state index contributed by atoms with van der Waals surface area (Å²) in [6.07, 6.45) is 1.16. The van der Waals surface area contributed by atoms with Crippen molar-refractivity contribution < 1.29 is 0 Å². The third-order valence-electron chi connectivity index (χ3n) is 1.98. The van der Waals surface area contributed by atoms with Crippen molar-refractivity contribution >= 4 is 28.2 Å². The van der Waals surface area contributed by atoms with Gasteiger partial charge < -0.3 is 10.2 Å². The van der Waals surface area contributed by atoms with Crippen molar-refractivity contribution in [2.24, 2.45) is 0 Å². The maximum atomic E-state index is 4.13. The van der Waals surface area contributed by atoms with Crippen LogP contribution in [0.15, 0.2) is 16.5 Å². The van der Waals surface area contributed by atoms with Crippen LogP contribution in [0.4, 0.5) is 5.13 Å². The number of thioether (sulfide) groups is 1. The molecule has 1 heterocycles. The van der Waals surface area contributed by atoms with Crippen LogP contribution in [0.2, 0.25) is 0 Å². The average Bonchev–Trinajstić information content (AvgIpc) is 2.75. The van der Waals surface area contributed by atoms with Gasteiger partial charge in [-0.3, -0.25) is 0 Å². The molecule has 17 heavy (non-hydrogen) atoms. The van der Waals surface area contributed by atoms with E-state index >= 15 is 0 Å². The van der Waals surface area contributed by atoms with Gasteiger partial charge in [0.15, 0.2) is 4.34 Å². The highest BCUT2D eigenvalue weighted by molar-refractivity contribution is 8.01. The molecule has 0 atom stereocenters. The molecule has 0 aliphatic rings. The number of aromatic nitrogens is 2. The fourth-order valence-corrected chi connectivity index (χ4v) is 2.76. The third-order valence-corrected chi connectivity index (χ3v) is 4.35. The molecule has 0 radical (unpaired) electrons. The zero-order valence-electron chi connectivity index (χ0n) is 10.7. The van der Waals surface area contributed by atoms with Crippen LogP contribution in [0.25, 0.3) is 0 Å². The molecular weight excluding hydrogens is 252 g/mol. The fourth-order valence-electron chi connectivity index (χ4n) is 1.10. The number of nitrogens with zero attached hydrogens (tertiary/aromatic N) is 3. The van der Waals surface area contributed by atoms with Gasteiger partial charge >= 0.3 is 0 Å². The standard InChI is InChI=1S/C11H20N4S2/c1-5-6-12-7-9(2)8-16-11-14-13-10(17-11)15(3)4/h12H,2,5-8H2,1,3-4H3. The van der Waals surface area contributed by atoms with E-state index in [2.05, 4.69) is 29.0 Å². The molecule has 1 N–H and O–H groups in total. The first kappa shape index (κ1) is 14.5. The molecule has 6 heteroatoms. The number of hydrogen-bond acceptors (Lipinski definition) is 6. The van der Waals surface area contributed by atoms with Crippen molar-refractivity contribution in [3.8, 4) is 0 Å². The summed E-state index contributed by atoms with van der Waals surface area (Å²) >= 11 is 3.32. The van der Waals surface area contributed by atoms with E-state index in [1.807, 2.05) is 19.0 Å². The Labute approximate surface area is 112 Å². The second-order valence-corrected chi connectivity index (χ2v) is 6.14. The Morgan fingerprint density at radius 2 is 2.24 bits per heavy atom. The van der Waals surface area contributed by atoms with Crippen LogP contribution >= 0.6 is 23.1 Å². The highest BCUT2D eigenvalue weighted by Gasteiger charge is 2.06. The second-order valence-electron chi connectivity index (χ2n) is 3.96. The second kappa shape index (κ2) is 7.68. The van der Waals surface area contributed by atoms with Gasteiger partial charge in [-0.2, -0.15) is 0 Å². The first-order valence-electron chi connectivity index (χ1n) is 5.64. The van der Waals surface area contributed by atoms with E-state index in [0.717, 1.165) is 34.7 Å². The molecule has 0 amide bonds. The average molecular weight is 272 g/mol. The van der Waals surface area contributed by atoms with E-state index in [1.165, 1.54) is 5.57 Å². The topological polar surface area (TPSA) is 41.1 Å². The molecular formula is C11H20N4S2. The molecule has 0 fully saturated rings. The molecule has 0 aromatic carbocycles. The van der Waals surface area contributed by atoms with Crippen molar-refractivity contribution in [1.82, 2.24) is 15.5 Å². The minimum Gasteiger partial charge on any atom is -0.353 e. The largest absolute Gasteiger partial charge is 0.353 e. The molecule has 1 aromatic rings. The highest BCUT2D eigenvalue weighted by atomic mass is 32.2. The SMILES string of the molecule is C=C(CNCCC)CSc1nnc(N(C)C)s1. The molecule has 0 saturated carbocycles. The first-order valence-corrected chi connectivity index (χ1v) is 7.44. The van der Waals surface area contributed by atoms with Gasteiger partial charge in [-0.05, 0) is 13.0 Å². The molecule has 0 saturated heterocycles. The van der Waals surface area contributed by atoms with Crippen molar-refractivity contribution in [2.45, 2.75) is 17.7 Å². The zero-order chi connectivity index (χ0) is 12.7. The minimum absolute atomic E-state index is 0.889. The molecule has 0 aliphatic heterocycles. The Balaban J connectivity index is 2.27. The minimum atomic E-state index is 0.889. The molecule has 0 aliphatic carbocycles. The normalized spacial score (nSPS) is 10.5. The van der Waals surface area contributed by atoms with Crippen molar-refractivity contribution in [3.05, 3.63) is 12.2 Å². The number of anilines is 1. The molecule has 0 spiro atoms. The lowest BCUT2D eigenvalue weighted by atomic mass is 10.3. The maximum Gasteiger partial charge on any atom is 0.208 e. The molecule has 0 bridgehead atoms. The van der Waals surface area contributed by atoms with E-state index < -0.39 is 0 Å². The smallest absolute Gasteiger partial charge is 0.208 e. The van der Waals surface area contributed by atoms with Gasteiger partial charge in [0.05, 0.1) is 0 Å². The fraction of sp³-hybridized carbons (Fsp3) is 0.636. The van der Waals surface area contributed by atoms with Gasteiger partial charge in [0.25, 0.3) is 0 Å². The number of hydrogen-bond donors (Lipinski definition) is 1. The summed E-state index contributed by atoms with van der Waals surface area (Å²) < 4.78 is 1.00. The summed E-state index contributed by atoms with van der Waals surface area (Å²) in [7, 11) is 3.95. The summed E-state index contributed by atoms with van der Waals surface area (Å²) in [6.45, 7) is 8.15. The van der Waals surface area contributed by atoms with E-state index in [4.69, 9.17) is 0 Å². The van der Waals surface area contributed by atoms with Gasteiger partial charge in [0, 0.05) is 26.4 Å². The quantitative estimate of drug-likeness (QED) is 0.446. The van der Waals surface area contributed by atoms with E-state index in [1.54, 1.807) is 23.1 Å². The Kier molecular flexibility index (Phi) is 6.54. The van der Waals surface area contributed by atoms with Gasteiger partial charge in [-0.25, -0.2) is 0 Å². The first-order chi connectivity index (χ1) is 8.13. The summed E-state index contributed by atoms with van der Waals surface area (Å²) in [5.41, 5.74) is 1.20. The van der Waals surface area contributed by atoms with Crippen LogP contribution in [0.5, 0.6) is 0 Å². The highest BCUT2D eigenvalue weighted by Crippen LogP contribution is 2.27. The predicted octanol–water partition coefficient (Wildman–Crippen LogP) is 2.25. The van der Waals surface area contributed by atoms with Crippen molar-refractivity contribution in [2.75, 3.05) is 37.8 Å². The maximum absolute atomic E-state index is 4.13.